The molecule has 0 aliphatic carbocycles. The second-order valence-corrected chi connectivity index (χ2v) is 6.83. The molecule has 9 heteroatoms. The number of nitrogens with one attached hydrogen (secondary N) is 1. The molecule has 32 heavy (non-hydrogen) atoms. The Balaban J connectivity index is 1.38. The van der Waals surface area contributed by atoms with Gasteiger partial charge >= 0.3 is 0 Å². The van der Waals surface area contributed by atoms with E-state index in [1.54, 1.807) is 60.9 Å². The van der Waals surface area contributed by atoms with E-state index in [1.807, 2.05) is 0 Å². The van der Waals surface area contributed by atoms with Crippen LogP contribution in [0.15, 0.2) is 88.0 Å². The zero-order valence-corrected chi connectivity index (χ0v) is 16.4. The van der Waals surface area contributed by atoms with Crippen molar-refractivity contribution in [3.8, 4) is 22.8 Å². The molecule has 0 aliphatic heterocycles. The summed E-state index contributed by atoms with van der Waals surface area (Å²) in [7, 11) is 0. The Labute approximate surface area is 180 Å². The van der Waals surface area contributed by atoms with Crippen LogP contribution in [-0.4, -0.2) is 20.8 Å². The molecule has 9 nitrogen and oxygen atoms in total. The van der Waals surface area contributed by atoms with Gasteiger partial charge < -0.3 is 14.2 Å². The van der Waals surface area contributed by atoms with Gasteiger partial charge in [-0.3, -0.25) is 19.9 Å². The minimum absolute atomic E-state index is 0.0240. The number of pyridine rings is 1. The summed E-state index contributed by atoms with van der Waals surface area (Å²) in [6.45, 7) is 0. The number of fused-ring (bicyclic) bond motifs is 1. The molecule has 1 amide bonds. The Morgan fingerprint density at radius 1 is 0.969 bits per heavy atom. The van der Waals surface area contributed by atoms with Gasteiger partial charge in [0.25, 0.3) is 11.6 Å². The van der Waals surface area contributed by atoms with Gasteiger partial charge in [0.2, 0.25) is 5.89 Å². The van der Waals surface area contributed by atoms with Crippen LogP contribution in [0.5, 0.6) is 0 Å². The monoisotopic (exact) mass is 426 g/mol. The van der Waals surface area contributed by atoms with Crippen LogP contribution in [0, 0.1) is 10.1 Å². The number of carbonyl (C=O) groups is 1. The Kier molecular flexibility index (Phi) is 4.68. The quantitative estimate of drug-likeness (QED) is 0.298. The lowest BCUT2D eigenvalue weighted by molar-refractivity contribution is -0.384. The summed E-state index contributed by atoms with van der Waals surface area (Å²) in [5.74, 6) is 0.213. The summed E-state index contributed by atoms with van der Waals surface area (Å²) in [6, 6.07) is 17.8. The van der Waals surface area contributed by atoms with Crippen molar-refractivity contribution in [2.75, 3.05) is 5.32 Å². The molecule has 0 bridgehead atoms. The van der Waals surface area contributed by atoms with E-state index in [4.69, 9.17) is 8.83 Å². The van der Waals surface area contributed by atoms with E-state index in [9.17, 15) is 14.9 Å². The standard InChI is InChI=1S/C23H14N4O5/c28-22(21-8-7-19(31-21)16-3-1-2-4-18(16)27(29)30)25-15-5-6-20-17(13-15)26-23(32-20)14-9-11-24-12-10-14/h1-13H,(H,25,28). The van der Waals surface area contributed by atoms with Gasteiger partial charge in [0.15, 0.2) is 11.3 Å². The van der Waals surface area contributed by atoms with Crippen LogP contribution in [0.2, 0.25) is 0 Å². The molecule has 0 aliphatic rings. The zero-order chi connectivity index (χ0) is 22.1. The number of nitrogens with zero attached hydrogens (tertiary/aromatic N) is 3. The molecule has 1 N–H and O–H groups in total. The summed E-state index contributed by atoms with van der Waals surface area (Å²) in [5.41, 5.74) is 2.64. The first-order chi connectivity index (χ1) is 15.6. The molecular weight excluding hydrogens is 412 g/mol. The number of nitro groups is 1. The number of nitro benzene ring substituents is 1. The average Bonchev–Trinajstić information content (AvgIpc) is 3.47. The highest BCUT2D eigenvalue weighted by Crippen LogP contribution is 2.31. The van der Waals surface area contributed by atoms with Crippen LogP contribution in [0.4, 0.5) is 11.4 Å². The smallest absolute Gasteiger partial charge is 0.291 e. The van der Waals surface area contributed by atoms with E-state index >= 15 is 0 Å². The average molecular weight is 426 g/mol. The van der Waals surface area contributed by atoms with Crippen molar-refractivity contribution in [1.82, 2.24) is 9.97 Å². The highest BCUT2D eigenvalue weighted by atomic mass is 16.6. The van der Waals surface area contributed by atoms with Crippen LogP contribution in [0.1, 0.15) is 10.6 Å². The SMILES string of the molecule is O=C(Nc1ccc2oc(-c3ccncc3)nc2c1)c1ccc(-c2ccccc2[N+](=O)[O-])o1. The van der Waals surface area contributed by atoms with Crippen LogP contribution < -0.4 is 5.32 Å². The molecule has 0 saturated carbocycles. The van der Waals surface area contributed by atoms with Gasteiger partial charge in [0.1, 0.15) is 11.3 Å². The maximum Gasteiger partial charge on any atom is 0.291 e. The third-order valence-electron chi connectivity index (χ3n) is 4.77. The van der Waals surface area contributed by atoms with Gasteiger partial charge in [0, 0.05) is 29.7 Å². The number of para-hydroxylation sites is 1. The van der Waals surface area contributed by atoms with Gasteiger partial charge in [-0.05, 0) is 48.5 Å². The Bertz CT molecular complexity index is 1460. The number of rotatable bonds is 5. The van der Waals surface area contributed by atoms with Gasteiger partial charge in [-0.25, -0.2) is 4.98 Å². The number of hydrogen-bond donors (Lipinski definition) is 1. The lowest BCUT2D eigenvalue weighted by Crippen LogP contribution is -2.10. The minimum atomic E-state index is -0.495. The first-order valence-electron chi connectivity index (χ1n) is 9.54. The summed E-state index contributed by atoms with van der Waals surface area (Å²) in [6.07, 6.45) is 3.30. The normalized spacial score (nSPS) is 10.9. The van der Waals surface area contributed by atoms with Crippen molar-refractivity contribution in [2.45, 2.75) is 0 Å². The number of aromatic nitrogens is 2. The molecule has 0 spiro atoms. The lowest BCUT2D eigenvalue weighted by atomic mass is 10.1. The molecule has 2 aromatic carbocycles. The van der Waals surface area contributed by atoms with Crippen LogP contribution in [0.25, 0.3) is 33.9 Å². The number of oxazole rings is 1. The van der Waals surface area contributed by atoms with Crippen molar-refractivity contribution in [3.05, 3.63) is 95.0 Å². The van der Waals surface area contributed by atoms with E-state index < -0.39 is 10.8 Å². The Morgan fingerprint density at radius 2 is 1.78 bits per heavy atom. The van der Waals surface area contributed by atoms with Gasteiger partial charge in [0.05, 0.1) is 10.5 Å². The van der Waals surface area contributed by atoms with E-state index in [2.05, 4.69) is 15.3 Å². The maximum atomic E-state index is 12.7. The van der Waals surface area contributed by atoms with Gasteiger partial charge in [-0.1, -0.05) is 12.1 Å². The zero-order valence-electron chi connectivity index (χ0n) is 16.4. The van der Waals surface area contributed by atoms with Crippen LogP contribution in [0.3, 0.4) is 0 Å². The fourth-order valence-corrected chi connectivity index (χ4v) is 3.26. The van der Waals surface area contributed by atoms with Gasteiger partial charge in [-0.2, -0.15) is 0 Å². The number of anilines is 1. The second kappa shape index (κ2) is 7.80. The molecule has 0 atom stereocenters. The fraction of sp³-hybridized carbons (Fsp3) is 0. The Hall–Kier alpha value is -4.79. The van der Waals surface area contributed by atoms with Crippen LogP contribution in [-0.2, 0) is 0 Å². The molecule has 0 fully saturated rings. The van der Waals surface area contributed by atoms with E-state index in [0.29, 0.717) is 28.2 Å². The fourth-order valence-electron chi connectivity index (χ4n) is 3.26. The molecule has 0 saturated heterocycles. The van der Waals surface area contributed by atoms with Crippen molar-refractivity contribution in [1.29, 1.82) is 0 Å². The third-order valence-corrected chi connectivity index (χ3v) is 4.77. The number of furan rings is 1. The summed E-state index contributed by atoms with van der Waals surface area (Å²) in [4.78, 5) is 31.8. The number of hydrogen-bond acceptors (Lipinski definition) is 7. The maximum absolute atomic E-state index is 12.7. The summed E-state index contributed by atoms with van der Waals surface area (Å²) in [5, 5.41) is 14.0. The number of benzene rings is 2. The highest BCUT2D eigenvalue weighted by Gasteiger charge is 2.19. The van der Waals surface area contributed by atoms with Crippen LogP contribution >= 0.6 is 0 Å². The number of amides is 1. The molecule has 0 unspecified atom stereocenters. The van der Waals surface area contributed by atoms with Crippen molar-refractivity contribution in [2.24, 2.45) is 0 Å². The summed E-state index contributed by atoms with van der Waals surface area (Å²) >= 11 is 0. The predicted octanol–water partition coefficient (Wildman–Crippen LogP) is 5.31. The third kappa shape index (κ3) is 3.58. The highest BCUT2D eigenvalue weighted by molar-refractivity contribution is 6.03. The van der Waals surface area contributed by atoms with Crippen molar-refractivity contribution in [3.63, 3.8) is 0 Å². The lowest BCUT2D eigenvalue weighted by Gasteiger charge is -2.03. The first-order valence-corrected chi connectivity index (χ1v) is 9.54. The minimum Gasteiger partial charge on any atom is -0.451 e. The topological polar surface area (TPSA) is 124 Å². The molecule has 0 radical (unpaired) electrons. The molecule has 3 aromatic heterocycles. The molecule has 5 aromatic rings. The molecule has 5 rings (SSSR count). The number of carbonyl (C=O) groups excluding carboxylic acids is 1. The first kappa shape index (κ1) is 19.2. The second-order valence-electron chi connectivity index (χ2n) is 6.83. The Morgan fingerprint density at radius 3 is 2.59 bits per heavy atom. The van der Waals surface area contributed by atoms with Crippen molar-refractivity contribution < 1.29 is 18.6 Å². The van der Waals surface area contributed by atoms with E-state index in [-0.39, 0.29) is 17.2 Å². The molecule has 156 valence electrons. The van der Waals surface area contributed by atoms with E-state index in [1.165, 1.54) is 18.2 Å². The van der Waals surface area contributed by atoms with E-state index in [0.717, 1.165) is 5.56 Å². The van der Waals surface area contributed by atoms with Crippen molar-refractivity contribution >= 4 is 28.4 Å². The summed E-state index contributed by atoms with van der Waals surface area (Å²) < 4.78 is 11.3. The van der Waals surface area contributed by atoms with Gasteiger partial charge in [-0.15, -0.1) is 0 Å². The molecular formula is C23H14N4O5. The molecule has 3 heterocycles. The largest absolute Gasteiger partial charge is 0.451 e. The predicted molar refractivity (Wildman–Crippen MR) is 116 cm³/mol.